The highest BCUT2D eigenvalue weighted by Crippen LogP contribution is 2.28. The number of benzene rings is 2. The average molecular weight is 367 g/mol. The summed E-state index contributed by atoms with van der Waals surface area (Å²) in [6.45, 7) is 7.21. The second kappa shape index (κ2) is 6.78. The average Bonchev–Trinajstić information content (AvgIpc) is 3.21. The second-order valence-corrected chi connectivity index (χ2v) is 7.32. The third-order valence-electron chi connectivity index (χ3n) is 4.95. The molecule has 4 rings (SSSR count). The molecule has 0 saturated heterocycles. The quantitative estimate of drug-likeness (QED) is 0.756. The Labute approximate surface area is 157 Å². The number of rotatable bonds is 4. The van der Waals surface area contributed by atoms with E-state index in [-0.39, 0.29) is 17.8 Å². The molecule has 1 aromatic heterocycles. The Balaban J connectivity index is 1.64. The number of ether oxygens (including phenoxy) is 1. The molecule has 0 saturated carbocycles. The number of fused-ring (bicyclic) bond motifs is 2. The molecule has 1 aliphatic rings. The molecule has 0 radical (unpaired) electrons. The molecule has 27 heavy (non-hydrogen) atoms. The van der Waals surface area contributed by atoms with Gasteiger partial charge in [-0.2, -0.15) is 5.10 Å². The van der Waals surface area contributed by atoms with Gasteiger partial charge in [-0.05, 0) is 61.7 Å². The van der Waals surface area contributed by atoms with Gasteiger partial charge >= 0.3 is 0 Å². The van der Waals surface area contributed by atoms with Crippen molar-refractivity contribution in [1.82, 2.24) is 15.1 Å². The maximum absolute atomic E-state index is 13.5. The first-order chi connectivity index (χ1) is 12.9. The molecule has 1 N–H and O–H groups in total. The van der Waals surface area contributed by atoms with E-state index < -0.39 is 0 Å². The van der Waals surface area contributed by atoms with Crippen LogP contribution in [0.25, 0.3) is 10.9 Å². The molecule has 0 bridgehead atoms. The molecule has 1 aliphatic heterocycles. The minimum absolute atomic E-state index is 0.0528. The van der Waals surface area contributed by atoms with E-state index in [2.05, 4.69) is 10.2 Å². The lowest BCUT2D eigenvalue weighted by Crippen LogP contribution is -2.26. The van der Waals surface area contributed by atoms with E-state index in [1.54, 1.807) is 11.0 Å². The van der Waals surface area contributed by atoms with Crippen molar-refractivity contribution in [1.29, 1.82) is 0 Å². The number of hydrogen-bond donors (Lipinski definition) is 1. The van der Waals surface area contributed by atoms with Gasteiger partial charge in [0, 0.05) is 24.0 Å². The monoisotopic (exact) mass is 367 g/mol. The Morgan fingerprint density at radius 3 is 2.81 bits per heavy atom. The summed E-state index contributed by atoms with van der Waals surface area (Å²) in [6.07, 6.45) is 0.110. The van der Waals surface area contributed by atoms with Crippen LogP contribution in [0.2, 0.25) is 0 Å². The van der Waals surface area contributed by atoms with Crippen LogP contribution in [0, 0.1) is 12.7 Å². The topological polar surface area (TPSA) is 58.2 Å². The third-order valence-corrected chi connectivity index (χ3v) is 4.95. The number of nitrogens with one attached hydrogen (secondary N) is 1. The fraction of sp³-hybridized carbons (Fsp3) is 0.333. The Kier molecular flexibility index (Phi) is 4.44. The van der Waals surface area contributed by atoms with Crippen LogP contribution in [0.4, 0.5) is 4.39 Å². The summed E-state index contributed by atoms with van der Waals surface area (Å²) in [5.74, 6) is -0.322. The van der Waals surface area contributed by atoms with Crippen LogP contribution in [0.5, 0.6) is 0 Å². The van der Waals surface area contributed by atoms with Gasteiger partial charge in [0.15, 0.2) is 0 Å². The number of H-pyrrole nitrogens is 1. The van der Waals surface area contributed by atoms with Gasteiger partial charge in [0.2, 0.25) is 0 Å². The minimum atomic E-state index is -0.270. The van der Waals surface area contributed by atoms with Crippen molar-refractivity contribution in [3.63, 3.8) is 0 Å². The van der Waals surface area contributed by atoms with Crippen LogP contribution >= 0.6 is 0 Å². The maximum Gasteiger partial charge on any atom is 0.254 e. The van der Waals surface area contributed by atoms with E-state index in [4.69, 9.17) is 4.74 Å². The van der Waals surface area contributed by atoms with Gasteiger partial charge in [0.1, 0.15) is 5.82 Å². The van der Waals surface area contributed by atoms with E-state index in [0.717, 1.165) is 33.3 Å². The summed E-state index contributed by atoms with van der Waals surface area (Å²) in [7, 11) is 0. The Morgan fingerprint density at radius 1 is 1.26 bits per heavy atom. The zero-order chi connectivity index (χ0) is 19.1. The Bertz CT molecular complexity index is 1030. The largest absolute Gasteiger partial charge is 0.373 e. The number of halogens is 1. The highest BCUT2D eigenvalue weighted by Gasteiger charge is 2.26. The number of hydrogen-bond acceptors (Lipinski definition) is 3. The standard InChI is InChI=1S/C21H22FN3O2/c1-12(2)27-11-20-18-8-17(13(3)6-19(18)23-24-20)21(26)25-9-14-4-5-16(22)7-15(14)10-25/h4-8,12H,9-11H2,1-3H3,(H,23,24). The molecule has 140 valence electrons. The van der Waals surface area contributed by atoms with Gasteiger partial charge in [0.05, 0.1) is 23.9 Å². The molecule has 2 heterocycles. The smallest absolute Gasteiger partial charge is 0.254 e. The zero-order valence-corrected chi connectivity index (χ0v) is 15.7. The highest BCUT2D eigenvalue weighted by molar-refractivity contribution is 6.00. The SMILES string of the molecule is Cc1cc2n[nH]c(COC(C)C)c2cc1C(=O)N1Cc2ccc(F)cc2C1. The van der Waals surface area contributed by atoms with Gasteiger partial charge in [-0.25, -0.2) is 4.39 Å². The predicted octanol–water partition coefficient (Wildman–Crippen LogP) is 4.09. The molecule has 3 aromatic rings. The van der Waals surface area contributed by atoms with E-state index in [1.807, 2.05) is 32.9 Å². The van der Waals surface area contributed by atoms with E-state index in [9.17, 15) is 9.18 Å². The lowest BCUT2D eigenvalue weighted by molar-refractivity contribution is 0.0642. The molecular formula is C21H22FN3O2. The van der Waals surface area contributed by atoms with Crippen molar-refractivity contribution < 1.29 is 13.9 Å². The summed E-state index contributed by atoms with van der Waals surface area (Å²) in [6, 6.07) is 8.51. The molecule has 0 fully saturated rings. The normalized spacial score (nSPS) is 13.6. The van der Waals surface area contributed by atoms with Crippen LogP contribution in [-0.4, -0.2) is 27.1 Å². The van der Waals surface area contributed by atoms with Gasteiger partial charge in [-0.3, -0.25) is 9.89 Å². The molecular weight excluding hydrogens is 345 g/mol. The Hall–Kier alpha value is -2.73. The van der Waals surface area contributed by atoms with Crippen LogP contribution < -0.4 is 0 Å². The van der Waals surface area contributed by atoms with Gasteiger partial charge in [-0.15, -0.1) is 0 Å². The number of carbonyl (C=O) groups excluding carboxylic acids is 1. The first-order valence-corrected chi connectivity index (χ1v) is 9.08. The summed E-state index contributed by atoms with van der Waals surface area (Å²) in [4.78, 5) is 14.9. The summed E-state index contributed by atoms with van der Waals surface area (Å²) >= 11 is 0. The lowest BCUT2D eigenvalue weighted by Gasteiger charge is -2.17. The maximum atomic E-state index is 13.5. The number of nitrogens with zero attached hydrogens (tertiary/aromatic N) is 2. The van der Waals surface area contributed by atoms with Crippen molar-refractivity contribution in [2.45, 2.75) is 46.6 Å². The van der Waals surface area contributed by atoms with Crippen molar-refractivity contribution in [2.75, 3.05) is 0 Å². The predicted molar refractivity (Wildman–Crippen MR) is 101 cm³/mol. The van der Waals surface area contributed by atoms with Crippen LogP contribution in [0.3, 0.4) is 0 Å². The fourth-order valence-electron chi connectivity index (χ4n) is 3.48. The fourth-order valence-corrected chi connectivity index (χ4v) is 3.48. The van der Waals surface area contributed by atoms with Gasteiger partial charge < -0.3 is 9.64 Å². The molecule has 0 aliphatic carbocycles. The summed E-state index contributed by atoms with van der Waals surface area (Å²) in [5, 5.41) is 8.23. The van der Waals surface area contributed by atoms with Crippen LogP contribution in [0.15, 0.2) is 30.3 Å². The first-order valence-electron chi connectivity index (χ1n) is 9.08. The van der Waals surface area contributed by atoms with Crippen molar-refractivity contribution >= 4 is 16.8 Å². The second-order valence-electron chi connectivity index (χ2n) is 7.32. The summed E-state index contributed by atoms with van der Waals surface area (Å²) in [5.41, 5.74) is 5.06. The highest BCUT2D eigenvalue weighted by atomic mass is 19.1. The molecule has 2 aromatic carbocycles. The lowest BCUT2D eigenvalue weighted by atomic mass is 10.0. The molecule has 5 nitrogen and oxygen atoms in total. The molecule has 6 heteroatoms. The number of aromatic amines is 1. The first kappa shape index (κ1) is 17.7. The van der Waals surface area contributed by atoms with E-state index in [1.165, 1.54) is 12.1 Å². The van der Waals surface area contributed by atoms with Crippen LogP contribution in [-0.2, 0) is 24.4 Å². The molecule has 0 unspecified atom stereocenters. The van der Waals surface area contributed by atoms with E-state index in [0.29, 0.717) is 25.3 Å². The summed E-state index contributed by atoms with van der Waals surface area (Å²) < 4.78 is 19.1. The van der Waals surface area contributed by atoms with Crippen molar-refractivity contribution in [2.24, 2.45) is 0 Å². The number of carbonyl (C=O) groups is 1. The number of aromatic nitrogens is 2. The zero-order valence-electron chi connectivity index (χ0n) is 15.7. The van der Waals surface area contributed by atoms with Gasteiger partial charge in [0.25, 0.3) is 5.91 Å². The minimum Gasteiger partial charge on any atom is -0.373 e. The molecule has 0 spiro atoms. The number of amides is 1. The third kappa shape index (κ3) is 3.32. The Morgan fingerprint density at radius 2 is 2.04 bits per heavy atom. The van der Waals surface area contributed by atoms with Crippen molar-refractivity contribution in [3.05, 3.63) is 64.1 Å². The number of aryl methyl sites for hydroxylation is 1. The molecule has 0 atom stereocenters. The molecule has 1 amide bonds. The van der Waals surface area contributed by atoms with Gasteiger partial charge in [-0.1, -0.05) is 6.07 Å². The van der Waals surface area contributed by atoms with Crippen molar-refractivity contribution in [3.8, 4) is 0 Å². The van der Waals surface area contributed by atoms with E-state index >= 15 is 0 Å². The van der Waals surface area contributed by atoms with Crippen LogP contribution in [0.1, 0.15) is 46.6 Å².